The molecule has 0 saturated carbocycles. The number of carboxylic acid groups (broad SMARTS) is 1. The highest BCUT2D eigenvalue weighted by Gasteiger charge is 2.36. The highest BCUT2D eigenvalue weighted by Crippen LogP contribution is 2.38. The topological polar surface area (TPSA) is 52.6 Å². The van der Waals surface area contributed by atoms with Gasteiger partial charge < -0.3 is 15.3 Å². The van der Waals surface area contributed by atoms with Crippen LogP contribution in [0.5, 0.6) is 0 Å². The summed E-state index contributed by atoms with van der Waals surface area (Å²) in [7, 11) is 0. The van der Waals surface area contributed by atoms with Crippen LogP contribution in [0.2, 0.25) is 0 Å². The van der Waals surface area contributed by atoms with Crippen molar-refractivity contribution < 1.29 is 18.7 Å². The van der Waals surface area contributed by atoms with E-state index in [1.165, 1.54) is 16.3 Å². The number of anilines is 1. The number of nitrogens with one attached hydrogen (secondary N) is 1. The number of benzene rings is 4. The third kappa shape index (κ3) is 4.69. The number of rotatable bonds is 7. The number of nitrogens with zero attached hydrogens (tertiary/aromatic N) is 1. The Hall–Kier alpha value is -3.77. The van der Waals surface area contributed by atoms with Crippen LogP contribution in [-0.4, -0.2) is 30.7 Å². The largest absolute Gasteiger partial charge is 0.478 e. The van der Waals surface area contributed by atoms with Gasteiger partial charge in [0.25, 0.3) is 0 Å². The molecular formula is C30H28F2N2O2. The van der Waals surface area contributed by atoms with E-state index >= 15 is 0 Å². The summed E-state index contributed by atoms with van der Waals surface area (Å²) in [4.78, 5) is 12.9. The summed E-state index contributed by atoms with van der Waals surface area (Å²) in [5.74, 6) is -2.89. The van der Waals surface area contributed by atoms with Gasteiger partial charge in [0.1, 0.15) is 17.3 Å². The van der Waals surface area contributed by atoms with Crippen LogP contribution in [0.4, 0.5) is 14.5 Å². The summed E-state index contributed by atoms with van der Waals surface area (Å²) in [6, 6.07) is 26.5. The molecule has 1 aliphatic heterocycles. The van der Waals surface area contributed by atoms with Gasteiger partial charge in [0.2, 0.25) is 0 Å². The second-order valence-electron chi connectivity index (χ2n) is 9.47. The highest BCUT2D eigenvalue weighted by molar-refractivity contribution is 5.88. The van der Waals surface area contributed by atoms with E-state index in [9.17, 15) is 13.6 Å². The van der Waals surface area contributed by atoms with Gasteiger partial charge in [-0.15, -0.1) is 0 Å². The molecular weight excluding hydrogens is 458 g/mol. The molecule has 0 aliphatic carbocycles. The second-order valence-corrected chi connectivity index (χ2v) is 9.47. The molecule has 4 aromatic rings. The van der Waals surface area contributed by atoms with Crippen LogP contribution in [0.3, 0.4) is 0 Å². The van der Waals surface area contributed by atoms with E-state index in [0.29, 0.717) is 19.6 Å². The second kappa shape index (κ2) is 10.1. The van der Waals surface area contributed by atoms with Crippen LogP contribution in [-0.2, 0) is 0 Å². The van der Waals surface area contributed by atoms with Crippen LogP contribution in [0, 0.1) is 17.6 Å². The van der Waals surface area contributed by atoms with E-state index in [2.05, 4.69) is 54.7 Å². The summed E-state index contributed by atoms with van der Waals surface area (Å²) < 4.78 is 29.8. The number of halogens is 2. The van der Waals surface area contributed by atoms with Crippen molar-refractivity contribution in [2.24, 2.45) is 5.92 Å². The van der Waals surface area contributed by atoms with Gasteiger partial charge in [-0.1, -0.05) is 72.8 Å². The minimum Gasteiger partial charge on any atom is -0.478 e. The first-order valence-corrected chi connectivity index (χ1v) is 12.2. The lowest BCUT2D eigenvalue weighted by Gasteiger charge is -2.23. The molecule has 2 N–H and O–H groups in total. The molecule has 4 aromatic carbocycles. The maximum Gasteiger partial charge on any atom is 0.335 e. The molecule has 4 nitrogen and oxygen atoms in total. The summed E-state index contributed by atoms with van der Waals surface area (Å²) in [6.45, 7) is 3.70. The summed E-state index contributed by atoms with van der Waals surface area (Å²) >= 11 is 0. The van der Waals surface area contributed by atoms with Crippen LogP contribution in [0.1, 0.15) is 40.4 Å². The number of carbonyl (C=O) groups is 1. The van der Waals surface area contributed by atoms with Gasteiger partial charge in [-0.25, -0.2) is 13.6 Å². The van der Waals surface area contributed by atoms with Crippen LogP contribution >= 0.6 is 0 Å². The molecule has 1 heterocycles. The first-order chi connectivity index (χ1) is 17.4. The number of hydrogen-bond donors (Lipinski definition) is 2. The van der Waals surface area contributed by atoms with Gasteiger partial charge in [-0.05, 0) is 46.9 Å². The van der Waals surface area contributed by atoms with E-state index in [4.69, 9.17) is 5.11 Å². The predicted molar refractivity (Wildman–Crippen MR) is 139 cm³/mol. The van der Waals surface area contributed by atoms with Gasteiger partial charge in [0.15, 0.2) is 0 Å². The van der Waals surface area contributed by atoms with E-state index in [1.807, 2.05) is 30.3 Å². The molecule has 3 atom stereocenters. The Labute approximate surface area is 209 Å². The normalized spacial score (nSPS) is 18.5. The zero-order valence-electron chi connectivity index (χ0n) is 20.0. The third-order valence-electron chi connectivity index (χ3n) is 7.22. The third-order valence-corrected chi connectivity index (χ3v) is 7.22. The first kappa shape index (κ1) is 23.9. The Morgan fingerprint density at radius 3 is 2.36 bits per heavy atom. The van der Waals surface area contributed by atoms with Crippen LogP contribution in [0.25, 0.3) is 10.8 Å². The predicted octanol–water partition coefficient (Wildman–Crippen LogP) is 6.39. The molecule has 6 heteroatoms. The lowest BCUT2D eigenvalue weighted by atomic mass is 9.88. The quantitative estimate of drug-likeness (QED) is 0.318. The number of carboxylic acids is 1. The zero-order chi connectivity index (χ0) is 25.2. The fourth-order valence-electron chi connectivity index (χ4n) is 5.40. The standard InChI is InChI=1S/C30H28F2N2O2/c1-19(24-13-7-11-20-10-5-6-12-25(20)24)33-16-23-17-34(18-26(23)21-8-3-2-4-9-21)29-27(31)14-22(30(35)36)15-28(29)32/h2-15,19,23,26,33H,16-18H2,1H3,(H,35,36)/t19-,23-,26-/m1/s1. The van der Waals surface area contributed by atoms with Gasteiger partial charge in [-0.2, -0.15) is 0 Å². The maximum absolute atomic E-state index is 14.9. The van der Waals surface area contributed by atoms with Crippen molar-refractivity contribution in [2.45, 2.75) is 18.9 Å². The van der Waals surface area contributed by atoms with Gasteiger partial charge in [-0.3, -0.25) is 0 Å². The van der Waals surface area contributed by atoms with Crippen molar-refractivity contribution >= 4 is 22.4 Å². The zero-order valence-corrected chi connectivity index (χ0v) is 20.0. The molecule has 5 rings (SSSR count). The number of hydrogen-bond acceptors (Lipinski definition) is 3. The first-order valence-electron chi connectivity index (χ1n) is 12.2. The van der Waals surface area contributed by atoms with Crippen molar-refractivity contribution in [2.75, 3.05) is 24.5 Å². The van der Waals surface area contributed by atoms with E-state index in [-0.39, 0.29) is 23.6 Å². The van der Waals surface area contributed by atoms with Crippen molar-refractivity contribution in [1.82, 2.24) is 5.32 Å². The molecule has 0 radical (unpaired) electrons. The van der Waals surface area contributed by atoms with Gasteiger partial charge in [0, 0.05) is 31.6 Å². The monoisotopic (exact) mass is 486 g/mol. The molecule has 1 aliphatic rings. The number of aromatic carboxylic acids is 1. The number of fused-ring (bicyclic) bond motifs is 1. The fraction of sp³-hybridized carbons (Fsp3) is 0.233. The molecule has 0 aromatic heterocycles. The Bertz CT molecular complexity index is 1360. The van der Waals surface area contributed by atoms with E-state index in [0.717, 1.165) is 17.7 Å². The van der Waals surface area contributed by atoms with E-state index in [1.54, 1.807) is 4.90 Å². The molecule has 0 spiro atoms. The molecule has 1 fully saturated rings. The average molecular weight is 487 g/mol. The Morgan fingerprint density at radius 2 is 1.64 bits per heavy atom. The van der Waals surface area contributed by atoms with Crippen LogP contribution in [0.15, 0.2) is 84.9 Å². The summed E-state index contributed by atoms with van der Waals surface area (Å²) in [5, 5.41) is 15.2. The van der Waals surface area contributed by atoms with Crippen molar-refractivity contribution in [1.29, 1.82) is 0 Å². The summed E-state index contributed by atoms with van der Waals surface area (Å²) in [5.41, 5.74) is 1.77. The Morgan fingerprint density at radius 1 is 0.972 bits per heavy atom. The smallest absolute Gasteiger partial charge is 0.335 e. The van der Waals surface area contributed by atoms with E-state index < -0.39 is 23.2 Å². The van der Waals surface area contributed by atoms with Gasteiger partial charge in [0.05, 0.1) is 5.56 Å². The SMILES string of the molecule is C[C@@H](NC[C@@H]1CN(c2c(F)cc(C(=O)O)cc2F)C[C@@H]1c1ccccc1)c1cccc2ccccc12. The Balaban J connectivity index is 1.40. The van der Waals surface area contributed by atoms with Crippen molar-refractivity contribution in [3.63, 3.8) is 0 Å². The minimum absolute atomic E-state index is 0.0661. The fourth-order valence-corrected chi connectivity index (χ4v) is 5.40. The Kier molecular flexibility index (Phi) is 6.70. The highest BCUT2D eigenvalue weighted by atomic mass is 19.1. The molecule has 0 bridgehead atoms. The molecule has 0 amide bonds. The maximum atomic E-state index is 14.9. The molecule has 0 unspecified atom stereocenters. The van der Waals surface area contributed by atoms with Crippen molar-refractivity contribution in [3.8, 4) is 0 Å². The minimum atomic E-state index is -1.35. The molecule has 36 heavy (non-hydrogen) atoms. The lowest BCUT2D eigenvalue weighted by Crippen LogP contribution is -2.30. The van der Waals surface area contributed by atoms with Crippen molar-refractivity contribution in [3.05, 3.63) is 113 Å². The summed E-state index contributed by atoms with van der Waals surface area (Å²) in [6.07, 6.45) is 0. The van der Waals surface area contributed by atoms with Gasteiger partial charge >= 0.3 is 5.97 Å². The average Bonchev–Trinajstić information content (AvgIpc) is 3.30. The molecule has 1 saturated heterocycles. The lowest BCUT2D eigenvalue weighted by molar-refractivity contribution is 0.0695. The van der Waals surface area contributed by atoms with Crippen LogP contribution < -0.4 is 10.2 Å². The molecule has 184 valence electrons.